The Bertz CT molecular complexity index is 338. The van der Waals surface area contributed by atoms with Crippen LogP contribution < -0.4 is 0 Å². The molecule has 0 aliphatic rings. The summed E-state index contributed by atoms with van der Waals surface area (Å²) in [6, 6.07) is 1.32. The van der Waals surface area contributed by atoms with Crippen LogP contribution in [0.4, 0.5) is 8.78 Å². The van der Waals surface area contributed by atoms with Crippen molar-refractivity contribution in [2.75, 3.05) is 0 Å². The van der Waals surface area contributed by atoms with Gasteiger partial charge in [0.05, 0.1) is 5.56 Å². The zero-order valence-electron chi connectivity index (χ0n) is 5.71. The molecule has 2 nitrogen and oxygen atoms in total. The second-order valence-corrected chi connectivity index (χ2v) is 2.57. The summed E-state index contributed by atoms with van der Waals surface area (Å²) in [6.45, 7) is 0. The highest BCUT2D eigenvalue weighted by molar-refractivity contribution is 7.80. The third kappa shape index (κ3) is 1.55. The van der Waals surface area contributed by atoms with Crippen molar-refractivity contribution < 1.29 is 18.7 Å². The molecule has 12 heavy (non-hydrogen) atoms. The lowest BCUT2D eigenvalue weighted by Gasteiger charge is -1.99. The fourth-order valence-corrected chi connectivity index (χ4v) is 0.895. The van der Waals surface area contributed by atoms with Crippen LogP contribution in [0.25, 0.3) is 0 Å². The molecule has 1 aromatic rings. The highest BCUT2D eigenvalue weighted by atomic mass is 32.1. The number of aromatic carboxylic acids is 1. The molecule has 0 aromatic heterocycles. The van der Waals surface area contributed by atoms with Gasteiger partial charge in [0.25, 0.3) is 0 Å². The summed E-state index contributed by atoms with van der Waals surface area (Å²) in [6.07, 6.45) is 0. The second kappa shape index (κ2) is 3.10. The van der Waals surface area contributed by atoms with Crippen molar-refractivity contribution in [2.45, 2.75) is 4.90 Å². The van der Waals surface area contributed by atoms with Crippen LogP contribution in [-0.2, 0) is 0 Å². The SMILES string of the molecule is O=C(O)c1cc(S)c(F)cc1F. The first-order valence-corrected chi connectivity index (χ1v) is 3.38. The molecule has 0 heterocycles. The number of hydrogen-bond acceptors (Lipinski definition) is 2. The summed E-state index contributed by atoms with van der Waals surface area (Å²) >= 11 is 3.60. The maximum atomic E-state index is 12.6. The van der Waals surface area contributed by atoms with Gasteiger partial charge < -0.3 is 5.11 Å². The van der Waals surface area contributed by atoms with Gasteiger partial charge in [-0.05, 0) is 6.07 Å². The van der Waals surface area contributed by atoms with Gasteiger partial charge in [-0.15, -0.1) is 12.6 Å². The fraction of sp³-hybridized carbons (Fsp3) is 0. The summed E-state index contributed by atoms with van der Waals surface area (Å²) < 4.78 is 25.1. The molecule has 0 saturated heterocycles. The van der Waals surface area contributed by atoms with Crippen molar-refractivity contribution in [3.63, 3.8) is 0 Å². The van der Waals surface area contributed by atoms with Crippen LogP contribution in [0.3, 0.4) is 0 Å². The first-order chi connectivity index (χ1) is 5.52. The molecule has 1 N–H and O–H groups in total. The minimum atomic E-state index is -1.44. The number of thiol groups is 1. The van der Waals surface area contributed by atoms with Gasteiger partial charge in [-0.3, -0.25) is 0 Å². The maximum absolute atomic E-state index is 12.6. The Kier molecular flexibility index (Phi) is 2.32. The predicted octanol–water partition coefficient (Wildman–Crippen LogP) is 1.95. The van der Waals surface area contributed by atoms with E-state index in [4.69, 9.17) is 5.11 Å². The molecule has 0 aliphatic heterocycles. The van der Waals surface area contributed by atoms with Crippen LogP contribution in [0.15, 0.2) is 17.0 Å². The zero-order chi connectivity index (χ0) is 9.30. The van der Waals surface area contributed by atoms with Gasteiger partial charge in [-0.25, -0.2) is 13.6 Å². The minimum Gasteiger partial charge on any atom is -0.478 e. The Labute approximate surface area is 72.2 Å². The third-order valence-corrected chi connectivity index (χ3v) is 1.61. The highest BCUT2D eigenvalue weighted by Crippen LogP contribution is 2.17. The van der Waals surface area contributed by atoms with E-state index in [-0.39, 0.29) is 4.90 Å². The Morgan fingerprint density at radius 1 is 1.33 bits per heavy atom. The molecule has 0 saturated carbocycles. The molecule has 0 unspecified atom stereocenters. The van der Waals surface area contributed by atoms with Crippen molar-refractivity contribution in [3.8, 4) is 0 Å². The summed E-state index contributed by atoms with van der Waals surface area (Å²) in [7, 11) is 0. The van der Waals surface area contributed by atoms with E-state index in [1.807, 2.05) is 0 Å². The molecule has 0 radical (unpaired) electrons. The highest BCUT2D eigenvalue weighted by Gasteiger charge is 2.12. The number of hydrogen-bond donors (Lipinski definition) is 2. The van der Waals surface area contributed by atoms with Crippen LogP contribution in [0, 0.1) is 11.6 Å². The zero-order valence-corrected chi connectivity index (χ0v) is 6.61. The predicted molar refractivity (Wildman–Crippen MR) is 40.6 cm³/mol. The lowest BCUT2D eigenvalue weighted by atomic mass is 10.2. The molecule has 0 bridgehead atoms. The molecule has 5 heteroatoms. The number of carboxylic acid groups (broad SMARTS) is 1. The first-order valence-electron chi connectivity index (χ1n) is 2.93. The van der Waals surface area contributed by atoms with E-state index in [1.54, 1.807) is 0 Å². The average molecular weight is 190 g/mol. The van der Waals surface area contributed by atoms with E-state index in [0.29, 0.717) is 6.07 Å². The smallest absolute Gasteiger partial charge is 0.338 e. The quantitative estimate of drug-likeness (QED) is 0.664. The Balaban J connectivity index is 3.33. The van der Waals surface area contributed by atoms with Gasteiger partial charge >= 0.3 is 5.97 Å². The van der Waals surface area contributed by atoms with E-state index in [9.17, 15) is 13.6 Å². The van der Waals surface area contributed by atoms with Gasteiger partial charge in [0, 0.05) is 11.0 Å². The van der Waals surface area contributed by atoms with Crippen molar-refractivity contribution in [2.24, 2.45) is 0 Å². The standard InChI is InChI=1S/C7H4F2O2S/c8-4-2-5(9)6(12)1-3(4)7(10)11/h1-2,12H,(H,10,11). The van der Waals surface area contributed by atoms with Crippen molar-refractivity contribution >= 4 is 18.6 Å². The molecular weight excluding hydrogens is 186 g/mol. The molecule has 0 aliphatic carbocycles. The number of rotatable bonds is 1. The van der Waals surface area contributed by atoms with Crippen LogP contribution >= 0.6 is 12.6 Å². The lowest BCUT2D eigenvalue weighted by molar-refractivity contribution is 0.0691. The Hall–Kier alpha value is -1.10. The summed E-state index contributed by atoms with van der Waals surface area (Å²) in [4.78, 5) is 10.1. The molecule has 0 spiro atoms. The molecule has 1 aromatic carbocycles. The van der Waals surface area contributed by atoms with Gasteiger partial charge in [-0.1, -0.05) is 0 Å². The van der Waals surface area contributed by atoms with Crippen LogP contribution in [0.2, 0.25) is 0 Å². The summed E-state index contributed by atoms with van der Waals surface area (Å²) in [5, 5.41) is 8.38. The molecule has 64 valence electrons. The molecule has 0 amide bonds. The molecule has 0 atom stereocenters. The van der Waals surface area contributed by atoms with Crippen LogP contribution in [0.5, 0.6) is 0 Å². The van der Waals surface area contributed by atoms with Crippen molar-refractivity contribution in [1.29, 1.82) is 0 Å². The molecular formula is C7H4F2O2S. The van der Waals surface area contributed by atoms with E-state index < -0.39 is 23.2 Å². The number of benzene rings is 1. The lowest BCUT2D eigenvalue weighted by Crippen LogP contribution is -2.01. The van der Waals surface area contributed by atoms with Crippen molar-refractivity contribution in [1.82, 2.24) is 0 Å². The van der Waals surface area contributed by atoms with Gasteiger partial charge in [0.15, 0.2) is 0 Å². The van der Waals surface area contributed by atoms with Crippen LogP contribution in [-0.4, -0.2) is 11.1 Å². The van der Waals surface area contributed by atoms with Crippen molar-refractivity contribution in [3.05, 3.63) is 29.3 Å². The normalized spacial score (nSPS) is 9.92. The summed E-state index contributed by atoms with van der Waals surface area (Å²) in [5.74, 6) is -3.42. The maximum Gasteiger partial charge on any atom is 0.338 e. The molecule has 1 rings (SSSR count). The number of carbonyl (C=O) groups is 1. The molecule has 0 fully saturated rings. The Morgan fingerprint density at radius 3 is 2.42 bits per heavy atom. The van der Waals surface area contributed by atoms with Crippen LogP contribution in [0.1, 0.15) is 10.4 Å². The average Bonchev–Trinajstić information content (AvgIpc) is 1.96. The largest absolute Gasteiger partial charge is 0.478 e. The topological polar surface area (TPSA) is 37.3 Å². The van der Waals surface area contributed by atoms with E-state index in [1.165, 1.54) is 0 Å². The monoisotopic (exact) mass is 190 g/mol. The third-order valence-electron chi connectivity index (χ3n) is 1.27. The summed E-state index contributed by atoms with van der Waals surface area (Å²) in [5.41, 5.74) is -0.582. The van der Waals surface area contributed by atoms with Gasteiger partial charge in [0.2, 0.25) is 0 Å². The van der Waals surface area contributed by atoms with E-state index in [0.717, 1.165) is 6.07 Å². The second-order valence-electron chi connectivity index (χ2n) is 2.09. The van der Waals surface area contributed by atoms with Gasteiger partial charge in [0.1, 0.15) is 11.6 Å². The fourth-order valence-electron chi connectivity index (χ4n) is 0.701. The first kappa shape index (κ1) is 8.99. The number of carboxylic acids is 1. The van der Waals surface area contributed by atoms with E-state index >= 15 is 0 Å². The Morgan fingerprint density at radius 2 is 1.92 bits per heavy atom. The van der Waals surface area contributed by atoms with E-state index in [2.05, 4.69) is 12.6 Å². The number of halogens is 2. The minimum absolute atomic E-state index is 0.186. The van der Waals surface area contributed by atoms with Gasteiger partial charge in [-0.2, -0.15) is 0 Å².